The van der Waals surface area contributed by atoms with Gasteiger partial charge in [0.25, 0.3) is 5.91 Å². The lowest BCUT2D eigenvalue weighted by Gasteiger charge is -2.24. The predicted molar refractivity (Wildman–Crippen MR) is 111 cm³/mol. The van der Waals surface area contributed by atoms with Crippen molar-refractivity contribution in [2.45, 2.75) is 33.2 Å². The molecule has 8 heteroatoms. The van der Waals surface area contributed by atoms with E-state index in [4.69, 9.17) is 13.7 Å². The topological polar surface area (TPSA) is 106 Å². The molecule has 0 saturated carbocycles. The first-order valence-electron chi connectivity index (χ1n) is 9.94. The molecule has 1 N–H and O–H groups in total. The number of carbonyl (C=O) groups excluding carboxylic acids is 2. The zero-order valence-electron chi connectivity index (χ0n) is 17.4. The first-order valence-corrected chi connectivity index (χ1v) is 9.94. The number of aromatic nitrogens is 1. The molecule has 160 valence electrons. The number of ketones is 1. The summed E-state index contributed by atoms with van der Waals surface area (Å²) >= 11 is 0. The Morgan fingerprint density at radius 3 is 2.48 bits per heavy atom. The molecule has 0 radical (unpaired) electrons. The van der Waals surface area contributed by atoms with Crippen LogP contribution in [0.15, 0.2) is 62.7 Å². The van der Waals surface area contributed by atoms with Gasteiger partial charge in [0, 0.05) is 6.07 Å². The van der Waals surface area contributed by atoms with Crippen LogP contribution in [0, 0.1) is 13.8 Å². The molecular formula is C23H22N2O6. The molecule has 0 bridgehead atoms. The summed E-state index contributed by atoms with van der Waals surface area (Å²) in [5, 5.41) is 14.6. The van der Waals surface area contributed by atoms with E-state index in [1.54, 1.807) is 50.2 Å². The number of ether oxygens (including phenoxy) is 1. The third-order valence-electron chi connectivity index (χ3n) is 4.95. The van der Waals surface area contributed by atoms with Gasteiger partial charge in [-0.25, -0.2) is 0 Å². The fraction of sp³-hybridized carbons (Fsp3) is 0.261. The molecule has 2 aromatic heterocycles. The van der Waals surface area contributed by atoms with Crippen molar-refractivity contribution in [3.05, 3.63) is 76.6 Å². The molecule has 3 aromatic rings. The van der Waals surface area contributed by atoms with Crippen molar-refractivity contribution in [3.8, 4) is 5.75 Å². The number of anilines is 1. The number of furan rings is 1. The third-order valence-corrected chi connectivity index (χ3v) is 4.95. The number of amides is 1. The Bertz CT molecular complexity index is 1150. The fourth-order valence-corrected chi connectivity index (χ4v) is 3.51. The molecule has 1 aliphatic rings. The van der Waals surface area contributed by atoms with Crippen LogP contribution < -0.4 is 9.64 Å². The molecule has 0 spiro atoms. The van der Waals surface area contributed by atoms with E-state index in [1.165, 1.54) is 11.0 Å². The first-order chi connectivity index (χ1) is 14.9. The minimum atomic E-state index is -0.907. The Balaban J connectivity index is 1.79. The van der Waals surface area contributed by atoms with Gasteiger partial charge in [-0.3, -0.25) is 14.5 Å². The highest BCUT2D eigenvalue weighted by atomic mass is 16.5. The van der Waals surface area contributed by atoms with Gasteiger partial charge in [-0.1, -0.05) is 24.2 Å². The second kappa shape index (κ2) is 8.14. The number of benzene rings is 1. The van der Waals surface area contributed by atoms with E-state index in [9.17, 15) is 14.7 Å². The Morgan fingerprint density at radius 2 is 1.90 bits per heavy atom. The number of hydrogen-bond acceptors (Lipinski definition) is 7. The number of hydrogen-bond donors (Lipinski definition) is 1. The molecule has 1 atom stereocenters. The number of rotatable bonds is 7. The quantitative estimate of drug-likeness (QED) is 0.561. The SMILES string of the molecule is CCCOc1ccc(C2C(C(=O)c3ccc(C)o3)=C(O)C(=O)N2c2cc(C)on2)cc1. The summed E-state index contributed by atoms with van der Waals surface area (Å²) in [6, 6.07) is 10.9. The van der Waals surface area contributed by atoms with Gasteiger partial charge in [-0.05, 0) is 50.1 Å². The number of carbonyl (C=O) groups is 2. The normalized spacial score (nSPS) is 16.3. The lowest BCUT2D eigenvalue weighted by Crippen LogP contribution is -2.31. The van der Waals surface area contributed by atoms with Crippen molar-refractivity contribution in [2.75, 3.05) is 11.5 Å². The number of nitrogens with zero attached hydrogens (tertiary/aromatic N) is 2. The average molecular weight is 422 g/mol. The highest BCUT2D eigenvalue weighted by molar-refractivity contribution is 6.19. The lowest BCUT2D eigenvalue weighted by molar-refractivity contribution is -0.117. The van der Waals surface area contributed by atoms with Gasteiger partial charge >= 0.3 is 0 Å². The summed E-state index contributed by atoms with van der Waals surface area (Å²) in [7, 11) is 0. The molecule has 1 aromatic carbocycles. The van der Waals surface area contributed by atoms with Crippen LogP contribution in [0.1, 0.15) is 47.0 Å². The van der Waals surface area contributed by atoms with Crippen LogP contribution in [0.4, 0.5) is 5.82 Å². The van der Waals surface area contributed by atoms with E-state index in [2.05, 4.69) is 5.16 Å². The van der Waals surface area contributed by atoms with E-state index in [0.717, 1.165) is 6.42 Å². The lowest BCUT2D eigenvalue weighted by atomic mass is 9.95. The average Bonchev–Trinajstić information content (AvgIpc) is 3.45. The minimum absolute atomic E-state index is 0.0398. The van der Waals surface area contributed by atoms with Crippen LogP contribution in [0.2, 0.25) is 0 Å². The van der Waals surface area contributed by atoms with E-state index < -0.39 is 23.5 Å². The van der Waals surface area contributed by atoms with E-state index in [-0.39, 0.29) is 17.2 Å². The van der Waals surface area contributed by atoms with E-state index in [0.29, 0.717) is 29.4 Å². The molecule has 3 heterocycles. The summed E-state index contributed by atoms with van der Waals surface area (Å²) in [5.41, 5.74) is 0.524. The molecule has 4 rings (SSSR count). The number of aryl methyl sites for hydroxylation is 2. The number of Topliss-reactive ketones (excluding diaryl/α,β-unsaturated/α-hetero) is 1. The van der Waals surface area contributed by atoms with Crippen LogP contribution in [-0.2, 0) is 4.79 Å². The van der Waals surface area contributed by atoms with E-state index >= 15 is 0 Å². The molecule has 1 aliphatic heterocycles. The summed E-state index contributed by atoms with van der Waals surface area (Å²) in [4.78, 5) is 27.5. The Labute approximate surface area is 178 Å². The molecular weight excluding hydrogens is 400 g/mol. The second-order valence-corrected chi connectivity index (χ2v) is 7.29. The van der Waals surface area contributed by atoms with Gasteiger partial charge in [0.15, 0.2) is 17.3 Å². The maximum Gasteiger partial charge on any atom is 0.295 e. The van der Waals surface area contributed by atoms with Crippen molar-refractivity contribution in [2.24, 2.45) is 0 Å². The standard InChI is InChI=1S/C23H22N2O6/c1-4-11-29-16-8-6-15(7-9-16)20-19(21(26)17-10-5-13(2)30-17)22(27)23(28)25(20)18-12-14(3)31-24-18/h5-10,12,20,27H,4,11H2,1-3H3. The Hall–Kier alpha value is -3.81. The first kappa shape index (κ1) is 20.5. The number of aliphatic hydroxyl groups is 1. The second-order valence-electron chi connectivity index (χ2n) is 7.29. The molecule has 0 aliphatic carbocycles. The summed E-state index contributed by atoms with van der Waals surface area (Å²) in [6.45, 7) is 5.99. The molecule has 1 amide bonds. The van der Waals surface area contributed by atoms with Gasteiger partial charge in [-0.15, -0.1) is 0 Å². The summed E-state index contributed by atoms with van der Waals surface area (Å²) in [6.07, 6.45) is 0.871. The van der Waals surface area contributed by atoms with Gasteiger partial charge in [0.2, 0.25) is 5.78 Å². The van der Waals surface area contributed by atoms with Crippen molar-refractivity contribution in [1.29, 1.82) is 0 Å². The van der Waals surface area contributed by atoms with Crippen molar-refractivity contribution >= 4 is 17.5 Å². The van der Waals surface area contributed by atoms with E-state index in [1.807, 2.05) is 6.92 Å². The van der Waals surface area contributed by atoms with Crippen molar-refractivity contribution in [3.63, 3.8) is 0 Å². The fourth-order valence-electron chi connectivity index (χ4n) is 3.51. The van der Waals surface area contributed by atoms with Crippen LogP contribution in [0.5, 0.6) is 5.75 Å². The van der Waals surface area contributed by atoms with Crippen molar-refractivity contribution in [1.82, 2.24) is 5.16 Å². The molecule has 1 unspecified atom stereocenters. The maximum atomic E-state index is 13.2. The molecule has 8 nitrogen and oxygen atoms in total. The van der Waals surface area contributed by atoms with Gasteiger partial charge in [-0.2, -0.15) is 0 Å². The van der Waals surface area contributed by atoms with Gasteiger partial charge in [0.1, 0.15) is 17.3 Å². The Morgan fingerprint density at radius 1 is 1.16 bits per heavy atom. The number of aliphatic hydroxyl groups excluding tert-OH is 1. The highest BCUT2D eigenvalue weighted by Crippen LogP contribution is 2.42. The summed E-state index contributed by atoms with van der Waals surface area (Å²) in [5.74, 6) is -0.00931. The molecule has 31 heavy (non-hydrogen) atoms. The van der Waals surface area contributed by atoms with Crippen LogP contribution in [-0.4, -0.2) is 28.6 Å². The zero-order chi connectivity index (χ0) is 22.1. The monoisotopic (exact) mass is 422 g/mol. The maximum absolute atomic E-state index is 13.2. The smallest absolute Gasteiger partial charge is 0.295 e. The largest absolute Gasteiger partial charge is 0.503 e. The van der Waals surface area contributed by atoms with Gasteiger partial charge < -0.3 is 18.8 Å². The van der Waals surface area contributed by atoms with Crippen LogP contribution in [0.25, 0.3) is 0 Å². The third kappa shape index (κ3) is 3.72. The molecule has 0 saturated heterocycles. The van der Waals surface area contributed by atoms with Gasteiger partial charge in [0.05, 0.1) is 18.2 Å². The Kier molecular flexibility index (Phi) is 5.37. The highest BCUT2D eigenvalue weighted by Gasteiger charge is 2.46. The van der Waals surface area contributed by atoms with Crippen molar-refractivity contribution < 1.29 is 28.4 Å². The van der Waals surface area contributed by atoms with Crippen LogP contribution >= 0.6 is 0 Å². The minimum Gasteiger partial charge on any atom is -0.503 e. The van der Waals surface area contributed by atoms with Crippen LogP contribution in [0.3, 0.4) is 0 Å². The molecule has 0 fully saturated rings. The zero-order valence-corrected chi connectivity index (χ0v) is 17.4. The predicted octanol–water partition coefficient (Wildman–Crippen LogP) is 4.46. The summed E-state index contributed by atoms with van der Waals surface area (Å²) < 4.78 is 16.2.